The number of nitrogens with zero attached hydrogens (tertiary/aromatic N) is 1. The van der Waals surface area contributed by atoms with Crippen molar-refractivity contribution in [3.8, 4) is 0 Å². The highest BCUT2D eigenvalue weighted by molar-refractivity contribution is 6.31. The fourth-order valence-corrected chi connectivity index (χ4v) is 2.00. The summed E-state index contributed by atoms with van der Waals surface area (Å²) in [6.07, 6.45) is 2.37. The molecule has 1 aromatic carbocycles. The van der Waals surface area contributed by atoms with E-state index in [9.17, 15) is 4.39 Å². The number of hydrogen-bond donors (Lipinski definition) is 1. The highest BCUT2D eigenvalue weighted by Crippen LogP contribution is 2.19. The molecule has 0 bridgehead atoms. The fraction of sp³-hybridized carbons (Fsp3) is 0.214. The number of halogens is 2. The van der Waals surface area contributed by atoms with Crippen molar-refractivity contribution >= 4 is 17.3 Å². The zero-order valence-electron chi connectivity index (χ0n) is 10.0. The predicted octanol–water partition coefficient (Wildman–Crippen LogP) is 3.92. The van der Waals surface area contributed by atoms with Gasteiger partial charge in [-0.3, -0.25) is 0 Å². The molecule has 1 atom stereocenters. The molecule has 0 saturated carbocycles. The van der Waals surface area contributed by atoms with Gasteiger partial charge in [-0.2, -0.15) is 0 Å². The van der Waals surface area contributed by atoms with Crippen molar-refractivity contribution in [2.45, 2.75) is 19.4 Å². The van der Waals surface area contributed by atoms with Gasteiger partial charge >= 0.3 is 0 Å². The number of hydrogen-bond acceptors (Lipinski definition) is 2. The first kappa shape index (κ1) is 12.8. The molecule has 1 aromatic heterocycles. The van der Waals surface area contributed by atoms with Gasteiger partial charge in [0, 0.05) is 12.2 Å². The Kier molecular flexibility index (Phi) is 4.15. The van der Waals surface area contributed by atoms with Crippen molar-refractivity contribution in [2.24, 2.45) is 0 Å². The zero-order valence-corrected chi connectivity index (χ0v) is 10.8. The topological polar surface area (TPSA) is 24.9 Å². The largest absolute Gasteiger partial charge is 0.380 e. The lowest BCUT2D eigenvalue weighted by molar-refractivity contribution is 0.624. The zero-order chi connectivity index (χ0) is 13.0. The summed E-state index contributed by atoms with van der Waals surface area (Å²) in [6, 6.07) is 10.5. The molecule has 1 heterocycles. The van der Waals surface area contributed by atoms with Gasteiger partial charge in [-0.15, -0.1) is 0 Å². The molecule has 0 radical (unpaired) electrons. The second-order valence-corrected chi connectivity index (χ2v) is 4.58. The van der Waals surface area contributed by atoms with E-state index in [0.29, 0.717) is 5.15 Å². The van der Waals surface area contributed by atoms with Crippen molar-refractivity contribution in [2.75, 3.05) is 5.32 Å². The third kappa shape index (κ3) is 3.44. The van der Waals surface area contributed by atoms with E-state index in [-0.39, 0.29) is 11.9 Å². The van der Waals surface area contributed by atoms with Crippen LogP contribution in [-0.4, -0.2) is 11.0 Å². The van der Waals surface area contributed by atoms with E-state index < -0.39 is 0 Å². The summed E-state index contributed by atoms with van der Waals surface area (Å²) in [5.41, 5.74) is 1.75. The van der Waals surface area contributed by atoms with Crippen LogP contribution in [0.15, 0.2) is 42.6 Å². The van der Waals surface area contributed by atoms with Crippen LogP contribution in [0.4, 0.5) is 10.1 Å². The third-order valence-corrected chi connectivity index (χ3v) is 2.89. The van der Waals surface area contributed by atoms with Crippen LogP contribution in [0.1, 0.15) is 12.5 Å². The van der Waals surface area contributed by atoms with Gasteiger partial charge in [0.25, 0.3) is 0 Å². The van der Waals surface area contributed by atoms with E-state index in [1.165, 1.54) is 6.07 Å². The summed E-state index contributed by atoms with van der Waals surface area (Å²) in [5, 5.41) is 3.71. The molecule has 0 aliphatic carbocycles. The summed E-state index contributed by atoms with van der Waals surface area (Å²) in [7, 11) is 0. The lowest BCUT2D eigenvalue weighted by Gasteiger charge is -2.15. The molecule has 94 valence electrons. The minimum absolute atomic E-state index is 0.147. The summed E-state index contributed by atoms with van der Waals surface area (Å²) in [4.78, 5) is 4.00. The minimum atomic E-state index is -0.209. The lowest BCUT2D eigenvalue weighted by atomic mass is 10.1. The van der Waals surface area contributed by atoms with Crippen LogP contribution in [0.3, 0.4) is 0 Å². The number of anilines is 1. The van der Waals surface area contributed by atoms with Crippen LogP contribution in [0.25, 0.3) is 0 Å². The Balaban J connectivity index is 2.01. The number of aromatic nitrogens is 1. The van der Waals surface area contributed by atoms with Gasteiger partial charge in [0.15, 0.2) is 5.15 Å². The van der Waals surface area contributed by atoms with Crippen LogP contribution >= 0.6 is 11.6 Å². The van der Waals surface area contributed by atoms with Crippen LogP contribution in [-0.2, 0) is 6.42 Å². The Hall–Kier alpha value is -1.61. The number of pyridine rings is 1. The van der Waals surface area contributed by atoms with Gasteiger partial charge in [0.1, 0.15) is 5.82 Å². The van der Waals surface area contributed by atoms with E-state index >= 15 is 0 Å². The average Bonchev–Trinajstić information content (AvgIpc) is 2.32. The molecular formula is C14H14ClFN2. The van der Waals surface area contributed by atoms with E-state index in [1.807, 2.05) is 25.1 Å². The van der Waals surface area contributed by atoms with Crippen LogP contribution in [0, 0.1) is 5.82 Å². The molecule has 0 saturated heterocycles. The van der Waals surface area contributed by atoms with Crippen LogP contribution in [0.5, 0.6) is 0 Å². The first-order chi connectivity index (χ1) is 8.65. The second kappa shape index (κ2) is 5.83. The Morgan fingerprint density at radius 3 is 2.89 bits per heavy atom. The highest BCUT2D eigenvalue weighted by atomic mass is 35.5. The molecule has 0 amide bonds. The molecule has 0 aliphatic heterocycles. The number of rotatable bonds is 4. The normalized spacial score (nSPS) is 12.2. The quantitative estimate of drug-likeness (QED) is 0.847. The van der Waals surface area contributed by atoms with Gasteiger partial charge < -0.3 is 5.32 Å². The first-order valence-corrected chi connectivity index (χ1v) is 6.14. The van der Waals surface area contributed by atoms with Crippen LogP contribution < -0.4 is 5.32 Å². The molecule has 18 heavy (non-hydrogen) atoms. The van der Waals surface area contributed by atoms with Gasteiger partial charge in [0.05, 0.1) is 5.69 Å². The Bertz CT molecular complexity index is 531. The Morgan fingerprint density at radius 1 is 1.33 bits per heavy atom. The van der Waals surface area contributed by atoms with Gasteiger partial charge in [0.2, 0.25) is 0 Å². The van der Waals surface area contributed by atoms with E-state index in [1.54, 1.807) is 18.3 Å². The SMILES string of the molecule is CC(Cc1cccc(F)c1)Nc1cccnc1Cl. The second-order valence-electron chi connectivity index (χ2n) is 4.22. The maximum absolute atomic E-state index is 13.1. The molecule has 4 heteroatoms. The number of benzene rings is 1. The third-order valence-electron chi connectivity index (χ3n) is 2.59. The smallest absolute Gasteiger partial charge is 0.152 e. The molecule has 0 spiro atoms. The lowest BCUT2D eigenvalue weighted by Crippen LogP contribution is -2.18. The maximum Gasteiger partial charge on any atom is 0.152 e. The van der Waals surface area contributed by atoms with Crippen molar-refractivity contribution in [1.82, 2.24) is 4.98 Å². The van der Waals surface area contributed by atoms with Crippen molar-refractivity contribution in [1.29, 1.82) is 0 Å². The fourth-order valence-electron chi connectivity index (χ4n) is 1.83. The molecule has 2 aromatic rings. The summed E-state index contributed by atoms with van der Waals surface area (Å²) >= 11 is 5.96. The van der Waals surface area contributed by atoms with E-state index in [2.05, 4.69) is 10.3 Å². The summed E-state index contributed by atoms with van der Waals surface area (Å²) < 4.78 is 13.1. The maximum atomic E-state index is 13.1. The molecule has 2 nitrogen and oxygen atoms in total. The van der Waals surface area contributed by atoms with E-state index in [0.717, 1.165) is 17.7 Å². The molecule has 1 unspecified atom stereocenters. The van der Waals surface area contributed by atoms with Gasteiger partial charge in [-0.1, -0.05) is 23.7 Å². The van der Waals surface area contributed by atoms with Crippen LogP contribution in [0.2, 0.25) is 5.15 Å². The predicted molar refractivity (Wildman–Crippen MR) is 72.4 cm³/mol. The van der Waals surface area contributed by atoms with Gasteiger partial charge in [-0.05, 0) is 43.2 Å². The van der Waals surface area contributed by atoms with E-state index in [4.69, 9.17) is 11.6 Å². The Morgan fingerprint density at radius 2 is 2.17 bits per heavy atom. The molecule has 0 aliphatic rings. The first-order valence-electron chi connectivity index (χ1n) is 5.76. The molecule has 2 rings (SSSR count). The number of nitrogens with one attached hydrogen (secondary N) is 1. The monoisotopic (exact) mass is 264 g/mol. The van der Waals surface area contributed by atoms with Crippen molar-refractivity contribution < 1.29 is 4.39 Å². The summed E-state index contributed by atoms with van der Waals surface area (Å²) in [6.45, 7) is 2.02. The average molecular weight is 265 g/mol. The molecule has 0 fully saturated rings. The molecule has 1 N–H and O–H groups in total. The highest BCUT2D eigenvalue weighted by Gasteiger charge is 2.07. The van der Waals surface area contributed by atoms with Crippen molar-refractivity contribution in [3.63, 3.8) is 0 Å². The standard InChI is InChI=1S/C14H14ClFN2/c1-10(8-11-4-2-5-12(16)9-11)18-13-6-3-7-17-14(13)15/h2-7,9-10,18H,8H2,1H3. The van der Waals surface area contributed by atoms with Crippen molar-refractivity contribution in [3.05, 3.63) is 59.1 Å². The Labute approximate surface area is 111 Å². The summed E-state index contributed by atoms with van der Waals surface area (Å²) in [5.74, 6) is -0.209. The minimum Gasteiger partial charge on any atom is -0.380 e. The van der Waals surface area contributed by atoms with Gasteiger partial charge in [-0.25, -0.2) is 9.37 Å². The molecular weight excluding hydrogens is 251 g/mol.